The van der Waals surface area contributed by atoms with Crippen molar-refractivity contribution in [2.45, 2.75) is 12.5 Å². The Morgan fingerprint density at radius 1 is 1.57 bits per heavy atom. The van der Waals surface area contributed by atoms with E-state index in [4.69, 9.17) is 22.1 Å². The van der Waals surface area contributed by atoms with Gasteiger partial charge in [-0.3, -0.25) is 0 Å². The summed E-state index contributed by atoms with van der Waals surface area (Å²) in [6.45, 7) is 0.427. The summed E-state index contributed by atoms with van der Waals surface area (Å²) in [5.74, 6) is 0.635. The zero-order valence-corrected chi connectivity index (χ0v) is 8.79. The Bertz CT molecular complexity index is 304. The van der Waals surface area contributed by atoms with E-state index >= 15 is 0 Å². The van der Waals surface area contributed by atoms with Crippen molar-refractivity contribution in [3.63, 3.8) is 0 Å². The maximum Gasteiger partial charge on any atom is 0.124 e. The molecule has 1 aromatic carbocycles. The van der Waals surface area contributed by atoms with Crippen LogP contribution in [0.25, 0.3) is 0 Å². The lowest BCUT2D eigenvalue weighted by atomic mass is 10.1. The van der Waals surface area contributed by atoms with E-state index < -0.39 is 6.10 Å². The van der Waals surface area contributed by atoms with Gasteiger partial charge >= 0.3 is 0 Å². The Morgan fingerprint density at radius 2 is 2.29 bits per heavy atom. The van der Waals surface area contributed by atoms with Gasteiger partial charge in [0, 0.05) is 10.6 Å². The summed E-state index contributed by atoms with van der Waals surface area (Å²) in [5.41, 5.74) is 6.05. The Labute approximate surface area is 88.4 Å². The third-order valence-electron chi connectivity index (χ3n) is 1.99. The van der Waals surface area contributed by atoms with Gasteiger partial charge in [0.1, 0.15) is 5.75 Å². The first kappa shape index (κ1) is 11.3. The molecule has 0 aromatic heterocycles. The second-order valence-electron chi connectivity index (χ2n) is 2.98. The maximum absolute atomic E-state index is 9.74. The predicted octanol–water partition coefficient (Wildman–Crippen LogP) is 1.73. The van der Waals surface area contributed by atoms with Crippen molar-refractivity contribution in [1.82, 2.24) is 0 Å². The van der Waals surface area contributed by atoms with Crippen molar-refractivity contribution in [1.29, 1.82) is 0 Å². The lowest BCUT2D eigenvalue weighted by Gasteiger charge is -2.14. The van der Waals surface area contributed by atoms with Crippen molar-refractivity contribution in [2.24, 2.45) is 5.73 Å². The highest BCUT2D eigenvalue weighted by atomic mass is 35.5. The number of rotatable bonds is 4. The number of halogens is 1. The summed E-state index contributed by atoms with van der Waals surface area (Å²) in [7, 11) is 1.56. The molecule has 0 saturated carbocycles. The van der Waals surface area contributed by atoms with Gasteiger partial charge in [0.05, 0.1) is 13.2 Å². The number of ether oxygens (including phenoxy) is 1. The molecule has 1 rings (SSSR count). The van der Waals surface area contributed by atoms with Crippen molar-refractivity contribution in [3.05, 3.63) is 28.8 Å². The molecule has 0 heterocycles. The van der Waals surface area contributed by atoms with Crippen LogP contribution in [0.15, 0.2) is 18.2 Å². The molecule has 3 N–H and O–H groups in total. The summed E-state index contributed by atoms with van der Waals surface area (Å²) in [6, 6.07) is 5.15. The monoisotopic (exact) mass is 215 g/mol. The summed E-state index contributed by atoms with van der Waals surface area (Å²) in [4.78, 5) is 0. The van der Waals surface area contributed by atoms with Crippen LogP contribution in [-0.2, 0) is 0 Å². The first-order chi connectivity index (χ1) is 6.69. The van der Waals surface area contributed by atoms with Crippen LogP contribution in [0.2, 0.25) is 5.02 Å². The number of hydrogen-bond donors (Lipinski definition) is 2. The fraction of sp³-hybridized carbons (Fsp3) is 0.400. The van der Waals surface area contributed by atoms with Gasteiger partial charge in [-0.2, -0.15) is 0 Å². The highest BCUT2D eigenvalue weighted by Gasteiger charge is 2.12. The smallest absolute Gasteiger partial charge is 0.124 e. The van der Waals surface area contributed by atoms with E-state index in [0.29, 0.717) is 29.3 Å². The fourth-order valence-corrected chi connectivity index (χ4v) is 1.46. The largest absolute Gasteiger partial charge is 0.496 e. The molecule has 0 aliphatic carbocycles. The summed E-state index contributed by atoms with van der Waals surface area (Å²) < 4.78 is 5.11. The van der Waals surface area contributed by atoms with Crippen LogP contribution in [0.1, 0.15) is 18.1 Å². The third-order valence-corrected chi connectivity index (χ3v) is 2.23. The number of aliphatic hydroxyl groups excluding tert-OH is 1. The van der Waals surface area contributed by atoms with Gasteiger partial charge in [-0.15, -0.1) is 0 Å². The van der Waals surface area contributed by atoms with Crippen LogP contribution in [-0.4, -0.2) is 18.8 Å². The molecular weight excluding hydrogens is 202 g/mol. The third kappa shape index (κ3) is 2.61. The first-order valence-electron chi connectivity index (χ1n) is 4.40. The molecule has 4 heteroatoms. The molecule has 3 nitrogen and oxygen atoms in total. The van der Waals surface area contributed by atoms with Gasteiger partial charge < -0.3 is 15.6 Å². The zero-order chi connectivity index (χ0) is 10.6. The van der Waals surface area contributed by atoms with Gasteiger partial charge in [0.15, 0.2) is 0 Å². The van der Waals surface area contributed by atoms with E-state index in [1.54, 1.807) is 25.3 Å². The molecule has 0 fully saturated rings. The minimum atomic E-state index is -0.617. The van der Waals surface area contributed by atoms with Crippen LogP contribution in [0, 0.1) is 0 Å². The summed E-state index contributed by atoms with van der Waals surface area (Å²) in [6.07, 6.45) is -0.120. The van der Waals surface area contributed by atoms with Crippen LogP contribution >= 0.6 is 11.6 Å². The molecule has 0 amide bonds. The van der Waals surface area contributed by atoms with Gasteiger partial charge in [-0.05, 0) is 31.2 Å². The van der Waals surface area contributed by atoms with Gasteiger partial charge in [-0.1, -0.05) is 11.6 Å². The molecule has 0 aliphatic rings. The van der Waals surface area contributed by atoms with E-state index in [1.807, 2.05) is 0 Å². The van der Waals surface area contributed by atoms with E-state index in [-0.39, 0.29) is 0 Å². The normalized spacial score (nSPS) is 12.6. The maximum atomic E-state index is 9.74. The lowest BCUT2D eigenvalue weighted by Crippen LogP contribution is -2.07. The molecule has 78 valence electrons. The number of benzene rings is 1. The van der Waals surface area contributed by atoms with Crippen molar-refractivity contribution in [3.8, 4) is 5.75 Å². The minimum Gasteiger partial charge on any atom is -0.496 e. The van der Waals surface area contributed by atoms with Gasteiger partial charge in [0.2, 0.25) is 0 Å². The SMILES string of the molecule is COc1ccc(Cl)cc1[C@@H](O)CCN. The van der Waals surface area contributed by atoms with Gasteiger partial charge in [-0.25, -0.2) is 0 Å². The van der Waals surface area contributed by atoms with E-state index in [2.05, 4.69) is 0 Å². The highest BCUT2D eigenvalue weighted by molar-refractivity contribution is 6.30. The van der Waals surface area contributed by atoms with E-state index in [0.717, 1.165) is 0 Å². The molecule has 0 bridgehead atoms. The molecule has 1 aromatic rings. The number of methoxy groups -OCH3 is 1. The standard InChI is InChI=1S/C10H14ClNO2/c1-14-10-3-2-7(11)6-8(10)9(13)4-5-12/h2-3,6,9,13H,4-5,12H2,1H3/t9-/m0/s1. The van der Waals surface area contributed by atoms with Gasteiger partial charge in [0.25, 0.3) is 0 Å². The fourth-order valence-electron chi connectivity index (χ4n) is 1.28. The molecule has 1 atom stereocenters. The van der Waals surface area contributed by atoms with Crippen molar-refractivity contribution < 1.29 is 9.84 Å². The average molecular weight is 216 g/mol. The molecule has 0 unspecified atom stereocenters. The van der Waals surface area contributed by atoms with E-state index in [9.17, 15) is 5.11 Å². The second kappa shape index (κ2) is 5.20. The first-order valence-corrected chi connectivity index (χ1v) is 4.78. The topological polar surface area (TPSA) is 55.5 Å². The van der Waals surface area contributed by atoms with Crippen LogP contribution in [0.5, 0.6) is 5.75 Å². The Morgan fingerprint density at radius 3 is 2.86 bits per heavy atom. The molecule has 14 heavy (non-hydrogen) atoms. The molecule has 0 saturated heterocycles. The number of nitrogens with two attached hydrogens (primary N) is 1. The Balaban J connectivity index is 2.97. The van der Waals surface area contributed by atoms with Crippen LogP contribution in [0.4, 0.5) is 0 Å². The quantitative estimate of drug-likeness (QED) is 0.805. The number of hydrogen-bond acceptors (Lipinski definition) is 3. The second-order valence-corrected chi connectivity index (χ2v) is 3.42. The highest BCUT2D eigenvalue weighted by Crippen LogP contribution is 2.29. The van der Waals surface area contributed by atoms with E-state index in [1.165, 1.54) is 0 Å². The predicted molar refractivity (Wildman–Crippen MR) is 56.6 cm³/mol. The molecule has 0 radical (unpaired) electrons. The number of aliphatic hydroxyl groups is 1. The molecular formula is C10H14ClNO2. The van der Waals surface area contributed by atoms with Crippen LogP contribution in [0.3, 0.4) is 0 Å². The minimum absolute atomic E-state index is 0.427. The molecule has 0 spiro atoms. The Kier molecular flexibility index (Phi) is 4.20. The van der Waals surface area contributed by atoms with Crippen molar-refractivity contribution >= 4 is 11.6 Å². The van der Waals surface area contributed by atoms with Crippen LogP contribution < -0.4 is 10.5 Å². The summed E-state index contributed by atoms with van der Waals surface area (Å²) in [5, 5.41) is 10.3. The van der Waals surface area contributed by atoms with Crippen molar-refractivity contribution in [2.75, 3.05) is 13.7 Å². The zero-order valence-electron chi connectivity index (χ0n) is 8.03. The Hall–Kier alpha value is -0.770. The average Bonchev–Trinajstić information content (AvgIpc) is 2.18. The summed E-state index contributed by atoms with van der Waals surface area (Å²) >= 11 is 5.82. The lowest BCUT2D eigenvalue weighted by molar-refractivity contribution is 0.166. The molecule has 0 aliphatic heterocycles.